The topological polar surface area (TPSA) is 83.4 Å². The largest absolute Gasteiger partial charge is 0.480 e. The Labute approximate surface area is 109 Å². The second kappa shape index (κ2) is 6.12. The Balaban J connectivity index is 2.98. The van der Waals surface area contributed by atoms with Crippen molar-refractivity contribution in [3.63, 3.8) is 0 Å². The van der Waals surface area contributed by atoms with Crippen molar-refractivity contribution in [1.29, 1.82) is 0 Å². The molecule has 0 atom stereocenters. The predicted octanol–water partition coefficient (Wildman–Crippen LogP) is 0.821. The second-order valence-corrected chi connectivity index (χ2v) is 4.66. The maximum absolute atomic E-state index is 12.2. The standard InChI is InChI=1S/C11H13N3O3S/c1-4-5-14(6-8(15)16)11(17)10-9(7(2)3)12-13-18-10/h1,7H,5-6H2,2-3H3,(H,15,16). The summed E-state index contributed by atoms with van der Waals surface area (Å²) in [5, 5.41) is 12.6. The minimum absolute atomic E-state index is 0.0419. The average molecular weight is 267 g/mol. The maximum atomic E-state index is 12.2. The fourth-order valence-electron chi connectivity index (χ4n) is 1.34. The van der Waals surface area contributed by atoms with Gasteiger partial charge in [0.15, 0.2) is 0 Å². The van der Waals surface area contributed by atoms with Gasteiger partial charge in [-0.05, 0) is 17.5 Å². The van der Waals surface area contributed by atoms with Gasteiger partial charge in [0.2, 0.25) is 0 Å². The third-order valence-electron chi connectivity index (χ3n) is 2.15. The number of hydrogen-bond donors (Lipinski definition) is 1. The molecule has 1 amide bonds. The predicted molar refractivity (Wildman–Crippen MR) is 66.4 cm³/mol. The summed E-state index contributed by atoms with van der Waals surface area (Å²) in [4.78, 5) is 24.3. The number of amides is 1. The van der Waals surface area contributed by atoms with Crippen LogP contribution in [0.1, 0.15) is 35.1 Å². The van der Waals surface area contributed by atoms with E-state index in [1.54, 1.807) is 0 Å². The van der Waals surface area contributed by atoms with E-state index in [1.807, 2.05) is 13.8 Å². The molecule has 0 aliphatic rings. The second-order valence-electron chi connectivity index (χ2n) is 3.90. The molecule has 1 N–H and O–H groups in total. The zero-order chi connectivity index (χ0) is 13.7. The first-order valence-corrected chi connectivity index (χ1v) is 6.01. The molecule has 1 rings (SSSR count). The minimum Gasteiger partial charge on any atom is -0.480 e. The summed E-state index contributed by atoms with van der Waals surface area (Å²) in [6.45, 7) is 3.28. The van der Waals surface area contributed by atoms with E-state index in [9.17, 15) is 9.59 Å². The van der Waals surface area contributed by atoms with Crippen LogP contribution in [0.25, 0.3) is 0 Å². The maximum Gasteiger partial charge on any atom is 0.323 e. The van der Waals surface area contributed by atoms with Crippen LogP contribution in [-0.4, -0.2) is 44.6 Å². The van der Waals surface area contributed by atoms with Gasteiger partial charge >= 0.3 is 5.97 Å². The fourth-order valence-corrected chi connectivity index (χ4v) is 2.13. The van der Waals surface area contributed by atoms with Gasteiger partial charge < -0.3 is 10.0 Å². The van der Waals surface area contributed by atoms with E-state index in [2.05, 4.69) is 15.5 Å². The number of carbonyl (C=O) groups is 2. The highest BCUT2D eigenvalue weighted by Gasteiger charge is 2.24. The van der Waals surface area contributed by atoms with Crippen molar-refractivity contribution in [2.75, 3.05) is 13.1 Å². The summed E-state index contributed by atoms with van der Waals surface area (Å²) in [6.07, 6.45) is 5.13. The molecule has 6 nitrogen and oxygen atoms in total. The Hall–Kier alpha value is -1.94. The van der Waals surface area contributed by atoms with Crippen LogP contribution in [0.2, 0.25) is 0 Å². The lowest BCUT2D eigenvalue weighted by Crippen LogP contribution is -2.36. The molecule has 0 spiro atoms. The van der Waals surface area contributed by atoms with Crippen LogP contribution in [-0.2, 0) is 4.79 Å². The quantitative estimate of drug-likeness (QED) is 0.799. The first-order valence-electron chi connectivity index (χ1n) is 5.24. The molecular formula is C11H13N3O3S. The molecule has 0 fully saturated rings. The lowest BCUT2D eigenvalue weighted by atomic mass is 10.1. The summed E-state index contributed by atoms with van der Waals surface area (Å²) in [5.74, 6) is 0.767. The lowest BCUT2D eigenvalue weighted by molar-refractivity contribution is -0.137. The van der Waals surface area contributed by atoms with E-state index in [4.69, 9.17) is 11.5 Å². The Kier molecular flexibility index (Phi) is 4.80. The Bertz CT molecular complexity index is 490. The van der Waals surface area contributed by atoms with Crippen molar-refractivity contribution in [2.24, 2.45) is 0 Å². The van der Waals surface area contributed by atoms with Crippen molar-refractivity contribution in [3.05, 3.63) is 10.6 Å². The number of aliphatic carboxylic acids is 1. The van der Waals surface area contributed by atoms with Crippen LogP contribution in [0, 0.1) is 12.3 Å². The SMILES string of the molecule is C#CCN(CC(=O)O)C(=O)c1snnc1C(C)C. The summed E-state index contributed by atoms with van der Waals surface area (Å²) in [5.41, 5.74) is 0.567. The number of hydrogen-bond acceptors (Lipinski definition) is 5. The first-order chi connectivity index (χ1) is 8.47. The van der Waals surface area contributed by atoms with Gasteiger partial charge in [0.1, 0.15) is 11.4 Å². The van der Waals surface area contributed by atoms with Crippen molar-refractivity contribution in [2.45, 2.75) is 19.8 Å². The van der Waals surface area contributed by atoms with Crippen LogP contribution in [0.5, 0.6) is 0 Å². The Morgan fingerprint density at radius 3 is 2.72 bits per heavy atom. The van der Waals surface area contributed by atoms with E-state index >= 15 is 0 Å². The van der Waals surface area contributed by atoms with Crippen LogP contribution < -0.4 is 0 Å². The van der Waals surface area contributed by atoms with Crippen molar-refractivity contribution in [3.8, 4) is 12.3 Å². The van der Waals surface area contributed by atoms with Crippen LogP contribution >= 0.6 is 11.5 Å². The molecule has 1 heterocycles. The highest BCUT2D eigenvalue weighted by molar-refractivity contribution is 7.08. The number of carboxylic acid groups (broad SMARTS) is 1. The molecule has 0 radical (unpaired) electrons. The monoisotopic (exact) mass is 267 g/mol. The summed E-state index contributed by atoms with van der Waals surface area (Å²) in [6, 6.07) is 0. The molecule has 1 aromatic rings. The smallest absolute Gasteiger partial charge is 0.323 e. The third-order valence-corrected chi connectivity index (χ3v) is 2.88. The summed E-state index contributed by atoms with van der Waals surface area (Å²) >= 11 is 0.953. The average Bonchev–Trinajstić information content (AvgIpc) is 2.75. The van der Waals surface area contributed by atoms with Gasteiger partial charge in [-0.15, -0.1) is 11.5 Å². The first kappa shape index (κ1) is 14.1. The van der Waals surface area contributed by atoms with E-state index in [0.717, 1.165) is 16.4 Å². The highest BCUT2D eigenvalue weighted by atomic mass is 32.1. The Morgan fingerprint density at radius 2 is 2.22 bits per heavy atom. The number of rotatable bonds is 5. The van der Waals surface area contributed by atoms with E-state index in [1.165, 1.54) is 0 Å². The van der Waals surface area contributed by atoms with Gasteiger partial charge in [0, 0.05) is 0 Å². The zero-order valence-corrected chi connectivity index (χ0v) is 10.9. The van der Waals surface area contributed by atoms with Gasteiger partial charge in [0.25, 0.3) is 5.91 Å². The molecule has 0 aromatic carbocycles. The molecule has 1 aromatic heterocycles. The molecule has 7 heteroatoms. The number of terminal acetylenes is 1. The van der Waals surface area contributed by atoms with Crippen LogP contribution in [0.15, 0.2) is 0 Å². The van der Waals surface area contributed by atoms with Gasteiger partial charge in [-0.1, -0.05) is 24.3 Å². The van der Waals surface area contributed by atoms with E-state index < -0.39 is 18.4 Å². The van der Waals surface area contributed by atoms with E-state index in [0.29, 0.717) is 10.6 Å². The number of carboxylic acids is 1. The minimum atomic E-state index is -1.11. The number of carbonyl (C=O) groups excluding carboxylic acids is 1. The zero-order valence-electron chi connectivity index (χ0n) is 10.1. The Morgan fingerprint density at radius 1 is 1.56 bits per heavy atom. The molecule has 0 unspecified atom stereocenters. The van der Waals surface area contributed by atoms with Crippen LogP contribution in [0.3, 0.4) is 0 Å². The fraction of sp³-hybridized carbons (Fsp3) is 0.455. The van der Waals surface area contributed by atoms with Gasteiger partial charge in [-0.25, -0.2) is 0 Å². The van der Waals surface area contributed by atoms with Crippen molar-refractivity contribution >= 4 is 23.4 Å². The molecule has 96 valence electrons. The van der Waals surface area contributed by atoms with Crippen molar-refractivity contribution in [1.82, 2.24) is 14.5 Å². The number of aromatic nitrogens is 2. The molecule has 0 aliphatic carbocycles. The molecule has 0 saturated heterocycles. The van der Waals surface area contributed by atoms with E-state index in [-0.39, 0.29) is 12.5 Å². The van der Waals surface area contributed by atoms with Crippen LogP contribution in [0.4, 0.5) is 0 Å². The molecular weight excluding hydrogens is 254 g/mol. The third kappa shape index (κ3) is 3.28. The van der Waals surface area contributed by atoms with Gasteiger partial charge in [-0.2, -0.15) is 0 Å². The molecule has 0 aliphatic heterocycles. The molecule has 0 saturated carbocycles. The normalized spacial score (nSPS) is 10.1. The summed E-state index contributed by atoms with van der Waals surface area (Å²) < 4.78 is 3.73. The van der Waals surface area contributed by atoms with Gasteiger partial charge in [-0.3, -0.25) is 9.59 Å². The highest BCUT2D eigenvalue weighted by Crippen LogP contribution is 2.21. The number of nitrogens with zero attached hydrogens (tertiary/aromatic N) is 3. The summed E-state index contributed by atoms with van der Waals surface area (Å²) in [7, 11) is 0. The van der Waals surface area contributed by atoms with Gasteiger partial charge in [0.05, 0.1) is 12.2 Å². The van der Waals surface area contributed by atoms with Crippen molar-refractivity contribution < 1.29 is 14.7 Å². The lowest BCUT2D eigenvalue weighted by Gasteiger charge is -2.17. The molecule has 0 bridgehead atoms. The molecule has 18 heavy (non-hydrogen) atoms.